The maximum atomic E-state index is 7.58. The van der Waals surface area contributed by atoms with Crippen molar-refractivity contribution >= 4 is 22.1 Å². The van der Waals surface area contributed by atoms with Crippen LogP contribution in [0.3, 0.4) is 0 Å². The van der Waals surface area contributed by atoms with Gasteiger partial charge in [0.2, 0.25) is 0 Å². The first-order chi connectivity index (χ1) is 14.7. The molecule has 0 bridgehead atoms. The Morgan fingerprint density at radius 1 is 1.07 bits per heavy atom. The quantitative estimate of drug-likeness (QED) is 0.327. The summed E-state index contributed by atoms with van der Waals surface area (Å²) >= 11 is 3.43. The fraction of sp³-hybridized carbons (Fsp3) is 0.0833. The van der Waals surface area contributed by atoms with Crippen LogP contribution in [0.15, 0.2) is 77.4 Å². The van der Waals surface area contributed by atoms with E-state index in [0.29, 0.717) is 18.1 Å². The van der Waals surface area contributed by atoms with Crippen molar-refractivity contribution in [1.29, 1.82) is 5.41 Å². The summed E-state index contributed by atoms with van der Waals surface area (Å²) in [4.78, 5) is 7.85. The number of nitrogens with one attached hydrogen (secondary N) is 2. The third-order valence-electron chi connectivity index (χ3n) is 4.74. The molecule has 0 unspecified atom stereocenters. The molecule has 0 atom stereocenters. The summed E-state index contributed by atoms with van der Waals surface area (Å²) in [5, 5.41) is 7.58. The second kappa shape index (κ2) is 8.97. The summed E-state index contributed by atoms with van der Waals surface area (Å²) in [5.41, 5.74) is 4.56. The molecule has 4 rings (SSSR count). The van der Waals surface area contributed by atoms with Gasteiger partial charge in [0.15, 0.2) is 0 Å². The molecule has 2 N–H and O–H groups in total. The summed E-state index contributed by atoms with van der Waals surface area (Å²) in [6.45, 7) is 0.364. The Hall–Kier alpha value is -3.38. The highest BCUT2D eigenvalue weighted by atomic mass is 79.9. The predicted octanol–water partition coefficient (Wildman–Crippen LogP) is 6.09. The molecule has 30 heavy (non-hydrogen) atoms. The Labute approximate surface area is 183 Å². The molecule has 1 aromatic heterocycles. The van der Waals surface area contributed by atoms with Crippen LogP contribution < -0.4 is 9.47 Å². The average molecular weight is 462 g/mol. The van der Waals surface area contributed by atoms with E-state index in [2.05, 4.69) is 25.9 Å². The zero-order valence-corrected chi connectivity index (χ0v) is 17.9. The van der Waals surface area contributed by atoms with Gasteiger partial charge in [-0.05, 0) is 35.4 Å². The number of nitrogens with zero attached hydrogens (tertiary/aromatic N) is 1. The largest absolute Gasteiger partial charge is 0.496 e. The SMILES string of the molecule is COc1cc(OCc2ccc(Br)cc2C=N)ccc1-c1cnc(-c2ccccc2)[nH]1. The number of aromatic amines is 1. The first-order valence-electron chi connectivity index (χ1n) is 9.38. The van der Waals surface area contributed by atoms with Crippen molar-refractivity contribution in [3.05, 3.63) is 88.5 Å². The van der Waals surface area contributed by atoms with E-state index in [1.165, 1.54) is 6.21 Å². The highest BCUT2D eigenvalue weighted by Gasteiger charge is 2.12. The van der Waals surface area contributed by atoms with Gasteiger partial charge in [-0.3, -0.25) is 0 Å². The third-order valence-corrected chi connectivity index (χ3v) is 5.24. The Morgan fingerprint density at radius 2 is 1.90 bits per heavy atom. The summed E-state index contributed by atoms with van der Waals surface area (Å²) in [5.74, 6) is 2.19. The molecule has 0 aliphatic carbocycles. The number of aromatic nitrogens is 2. The van der Waals surface area contributed by atoms with E-state index in [1.807, 2.05) is 66.7 Å². The molecule has 3 aromatic carbocycles. The topological polar surface area (TPSA) is 71.0 Å². The zero-order chi connectivity index (χ0) is 20.9. The van der Waals surface area contributed by atoms with Crippen LogP contribution in [0.4, 0.5) is 0 Å². The van der Waals surface area contributed by atoms with Gasteiger partial charge in [0, 0.05) is 27.9 Å². The Bertz CT molecular complexity index is 1170. The lowest BCUT2D eigenvalue weighted by Gasteiger charge is -2.12. The molecule has 6 heteroatoms. The van der Waals surface area contributed by atoms with Gasteiger partial charge in [-0.2, -0.15) is 0 Å². The lowest BCUT2D eigenvalue weighted by Crippen LogP contribution is -2.00. The number of ether oxygens (including phenoxy) is 2. The summed E-state index contributed by atoms with van der Waals surface area (Å²) in [7, 11) is 1.64. The summed E-state index contributed by atoms with van der Waals surface area (Å²) in [6.07, 6.45) is 3.13. The van der Waals surface area contributed by atoms with Crippen molar-refractivity contribution in [2.75, 3.05) is 7.11 Å². The summed E-state index contributed by atoms with van der Waals surface area (Å²) < 4.78 is 12.5. The monoisotopic (exact) mass is 461 g/mol. The lowest BCUT2D eigenvalue weighted by molar-refractivity contribution is 0.303. The molecule has 5 nitrogen and oxygen atoms in total. The molecule has 0 fully saturated rings. The molecular weight excluding hydrogens is 442 g/mol. The van der Waals surface area contributed by atoms with Gasteiger partial charge in [0.1, 0.15) is 23.9 Å². The van der Waals surface area contributed by atoms with Crippen molar-refractivity contribution in [1.82, 2.24) is 9.97 Å². The first-order valence-corrected chi connectivity index (χ1v) is 10.2. The number of imidazole rings is 1. The van der Waals surface area contributed by atoms with Crippen LogP contribution in [0.25, 0.3) is 22.6 Å². The van der Waals surface area contributed by atoms with Crippen LogP contribution in [0, 0.1) is 5.41 Å². The number of hydrogen-bond donors (Lipinski definition) is 2. The highest BCUT2D eigenvalue weighted by molar-refractivity contribution is 9.10. The maximum absolute atomic E-state index is 7.58. The van der Waals surface area contributed by atoms with E-state index in [0.717, 1.165) is 38.2 Å². The molecule has 0 aliphatic heterocycles. The van der Waals surface area contributed by atoms with Crippen LogP contribution in [0.5, 0.6) is 11.5 Å². The van der Waals surface area contributed by atoms with E-state index >= 15 is 0 Å². The van der Waals surface area contributed by atoms with Gasteiger partial charge >= 0.3 is 0 Å². The average Bonchev–Trinajstić information content (AvgIpc) is 3.28. The van der Waals surface area contributed by atoms with Gasteiger partial charge in [-0.1, -0.05) is 52.3 Å². The minimum absolute atomic E-state index is 0.364. The van der Waals surface area contributed by atoms with Crippen LogP contribution in [0.2, 0.25) is 0 Å². The van der Waals surface area contributed by atoms with Gasteiger partial charge < -0.3 is 19.9 Å². The molecule has 0 radical (unpaired) electrons. The van der Waals surface area contributed by atoms with Gasteiger partial charge in [0.05, 0.1) is 19.0 Å². The molecule has 150 valence electrons. The molecule has 4 aromatic rings. The van der Waals surface area contributed by atoms with E-state index in [-0.39, 0.29) is 0 Å². The lowest BCUT2D eigenvalue weighted by atomic mass is 10.1. The second-order valence-corrected chi connectivity index (χ2v) is 7.57. The number of halogens is 1. The number of hydrogen-bond acceptors (Lipinski definition) is 4. The maximum Gasteiger partial charge on any atom is 0.137 e. The van der Waals surface area contributed by atoms with Crippen LogP contribution in [-0.2, 0) is 6.61 Å². The van der Waals surface area contributed by atoms with Crippen LogP contribution in [0.1, 0.15) is 11.1 Å². The van der Waals surface area contributed by atoms with Crippen LogP contribution >= 0.6 is 15.9 Å². The number of benzene rings is 3. The Kier molecular flexibility index (Phi) is 5.95. The van der Waals surface area contributed by atoms with E-state index in [9.17, 15) is 0 Å². The summed E-state index contributed by atoms with van der Waals surface area (Å²) in [6, 6.07) is 21.5. The Balaban J connectivity index is 1.55. The molecular formula is C24H20BrN3O2. The van der Waals surface area contributed by atoms with Crippen molar-refractivity contribution in [3.63, 3.8) is 0 Å². The Morgan fingerprint density at radius 3 is 2.67 bits per heavy atom. The zero-order valence-electron chi connectivity index (χ0n) is 16.4. The standard InChI is InChI=1S/C24H20BrN3O2/c1-29-23-12-20(30-15-17-7-8-19(25)11-18(17)13-26)9-10-21(23)22-14-27-24(28-22)16-5-3-2-4-6-16/h2-14,26H,15H2,1H3,(H,27,28). The number of methoxy groups -OCH3 is 1. The molecule has 0 saturated heterocycles. The second-order valence-electron chi connectivity index (χ2n) is 6.65. The van der Waals surface area contributed by atoms with E-state index in [4.69, 9.17) is 14.9 Å². The first kappa shape index (κ1) is 19.9. The van der Waals surface area contributed by atoms with Crippen molar-refractivity contribution in [2.45, 2.75) is 6.61 Å². The smallest absolute Gasteiger partial charge is 0.137 e. The molecule has 0 amide bonds. The van der Waals surface area contributed by atoms with Crippen LogP contribution in [-0.4, -0.2) is 23.3 Å². The minimum atomic E-state index is 0.364. The van der Waals surface area contributed by atoms with Crippen molar-refractivity contribution in [3.8, 4) is 34.1 Å². The van der Waals surface area contributed by atoms with Gasteiger partial charge in [0.25, 0.3) is 0 Å². The molecule has 0 saturated carbocycles. The highest BCUT2D eigenvalue weighted by Crippen LogP contribution is 2.33. The normalized spacial score (nSPS) is 10.6. The fourth-order valence-corrected chi connectivity index (χ4v) is 3.56. The minimum Gasteiger partial charge on any atom is -0.496 e. The van der Waals surface area contributed by atoms with Gasteiger partial charge in [-0.15, -0.1) is 0 Å². The van der Waals surface area contributed by atoms with E-state index < -0.39 is 0 Å². The van der Waals surface area contributed by atoms with Gasteiger partial charge in [-0.25, -0.2) is 4.98 Å². The predicted molar refractivity (Wildman–Crippen MR) is 122 cm³/mol. The number of H-pyrrole nitrogens is 1. The third kappa shape index (κ3) is 4.28. The molecule has 0 spiro atoms. The molecule has 1 heterocycles. The van der Waals surface area contributed by atoms with Crippen molar-refractivity contribution in [2.24, 2.45) is 0 Å². The van der Waals surface area contributed by atoms with Crippen molar-refractivity contribution < 1.29 is 9.47 Å². The number of rotatable bonds is 7. The van der Waals surface area contributed by atoms with E-state index in [1.54, 1.807) is 13.3 Å². The molecule has 0 aliphatic rings. The fourth-order valence-electron chi connectivity index (χ4n) is 3.18.